The second-order valence-corrected chi connectivity index (χ2v) is 3.76. The minimum absolute atomic E-state index is 0.196. The Morgan fingerprint density at radius 3 is 2.77 bits per heavy atom. The van der Waals surface area contributed by atoms with Gasteiger partial charge in [-0.15, -0.1) is 0 Å². The van der Waals surface area contributed by atoms with Crippen molar-refractivity contribution >= 4 is 26.7 Å². The maximum atomic E-state index is 13.4. The molecule has 0 radical (unpaired) electrons. The molecule has 0 spiro atoms. The Balaban J connectivity index is 3.00. The monoisotopic (exact) mass is 239 g/mol. The first kappa shape index (κ1) is 8.63. The number of aryl methyl sites for hydroxylation is 1. The zero-order valence-electron chi connectivity index (χ0n) is 7.01. The summed E-state index contributed by atoms with van der Waals surface area (Å²) in [7, 11) is 0. The lowest BCUT2D eigenvalue weighted by Crippen LogP contribution is -1.86. The highest BCUT2D eigenvalue weighted by atomic mass is 79.9. The van der Waals surface area contributed by atoms with Crippen LogP contribution in [0.4, 0.5) is 4.39 Å². The highest BCUT2D eigenvalue weighted by Crippen LogP contribution is 2.27. The molecule has 1 nitrogen and oxygen atoms in total. The summed E-state index contributed by atoms with van der Waals surface area (Å²) in [6.07, 6.45) is 3.33. The Kier molecular flexibility index (Phi) is 2.04. The Bertz CT molecular complexity index is 459. The van der Waals surface area contributed by atoms with Crippen molar-refractivity contribution < 1.29 is 4.39 Å². The average molecular weight is 240 g/mol. The SMILES string of the molecule is Cc1cncc2c(Br)ccc(F)c12. The van der Waals surface area contributed by atoms with Gasteiger partial charge in [0.2, 0.25) is 0 Å². The summed E-state index contributed by atoms with van der Waals surface area (Å²) in [5, 5.41) is 1.46. The molecule has 66 valence electrons. The molecule has 0 fully saturated rings. The molecule has 0 saturated carbocycles. The van der Waals surface area contributed by atoms with E-state index in [2.05, 4.69) is 20.9 Å². The van der Waals surface area contributed by atoms with Crippen LogP contribution in [0.5, 0.6) is 0 Å². The minimum atomic E-state index is -0.196. The van der Waals surface area contributed by atoms with Crippen LogP contribution in [-0.2, 0) is 0 Å². The largest absolute Gasteiger partial charge is 0.264 e. The third kappa shape index (κ3) is 1.33. The standard InChI is InChI=1S/C10H7BrFN/c1-6-4-13-5-7-8(11)2-3-9(12)10(6)7/h2-5H,1H3. The number of hydrogen-bond acceptors (Lipinski definition) is 1. The van der Waals surface area contributed by atoms with Crippen LogP contribution in [0.2, 0.25) is 0 Å². The molecule has 1 heterocycles. The van der Waals surface area contributed by atoms with Crippen molar-refractivity contribution in [2.24, 2.45) is 0 Å². The van der Waals surface area contributed by atoms with E-state index in [1.807, 2.05) is 6.92 Å². The van der Waals surface area contributed by atoms with Gasteiger partial charge in [0.25, 0.3) is 0 Å². The summed E-state index contributed by atoms with van der Waals surface area (Å²) in [4.78, 5) is 4.02. The summed E-state index contributed by atoms with van der Waals surface area (Å²) in [5.41, 5.74) is 0.858. The van der Waals surface area contributed by atoms with Crippen molar-refractivity contribution in [2.45, 2.75) is 6.92 Å². The van der Waals surface area contributed by atoms with E-state index in [0.29, 0.717) is 5.39 Å². The fraction of sp³-hybridized carbons (Fsp3) is 0.100. The molecule has 3 heteroatoms. The lowest BCUT2D eigenvalue weighted by molar-refractivity contribution is 0.639. The van der Waals surface area contributed by atoms with Gasteiger partial charge in [-0.3, -0.25) is 4.98 Å². The first-order valence-electron chi connectivity index (χ1n) is 3.88. The number of halogens is 2. The molecule has 0 amide bonds. The average Bonchev–Trinajstić information content (AvgIpc) is 2.12. The van der Waals surface area contributed by atoms with Gasteiger partial charge in [-0.25, -0.2) is 4.39 Å². The van der Waals surface area contributed by atoms with Gasteiger partial charge in [0, 0.05) is 27.6 Å². The Morgan fingerprint density at radius 2 is 2.08 bits per heavy atom. The fourth-order valence-corrected chi connectivity index (χ4v) is 1.82. The van der Waals surface area contributed by atoms with Crippen molar-refractivity contribution in [1.29, 1.82) is 0 Å². The van der Waals surface area contributed by atoms with E-state index in [9.17, 15) is 4.39 Å². The Morgan fingerprint density at radius 1 is 1.31 bits per heavy atom. The molecule has 1 aromatic heterocycles. The molecule has 0 atom stereocenters. The number of pyridine rings is 1. The van der Waals surface area contributed by atoms with Gasteiger partial charge in [0.05, 0.1) is 0 Å². The van der Waals surface area contributed by atoms with Gasteiger partial charge in [-0.1, -0.05) is 15.9 Å². The predicted octanol–water partition coefficient (Wildman–Crippen LogP) is 3.44. The van der Waals surface area contributed by atoms with Gasteiger partial charge in [-0.05, 0) is 24.6 Å². The van der Waals surface area contributed by atoms with Crippen LogP contribution in [0.25, 0.3) is 10.8 Å². The van der Waals surface area contributed by atoms with Crippen LogP contribution in [0.15, 0.2) is 29.0 Å². The highest BCUT2D eigenvalue weighted by Gasteiger charge is 2.06. The number of fused-ring (bicyclic) bond motifs is 1. The summed E-state index contributed by atoms with van der Waals surface area (Å²) in [5.74, 6) is -0.196. The topological polar surface area (TPSA) is 12.9 Å². The van der Waals surface area contributed by atoms with Crippen LogP contribution in [0, 0.1) is 12.7 Å². The first-order valence-corrected chi connectivity index (χ1v) is 4.68. The number of benzene rings is 1. The second kappa shape index (κ2) is 3.07. The van der Waals surface area contributed by atoms with Crippen LogP contribution in [-0.4, -0.2) is 4.98 Å². The molecule has 0 unspecified atom stereocenters. The number of rotatable bonds is 0. The van der Waals surface area contributed by atoms with Crippen LogP contribution in [0.3, 0.4) is 0 Å². The van der Waals surface area contributed by atoms with Gasteiger partial charge in [-0.2, -0.15) is 0 Å². The van der Waals surface area contributed by atoms with E-state index in [4.69, 9.17) is 0 Å². The maximum Gasteiger partial charge on any atom is 0.131 e. The molecule has 2 aromatic rings. The van der Waals surface area contributed by atoms with Crippen LogP contribution >= 0.6 is 15.9 Å². The van der Waals surface area contributed by atoms with Gasteiger partial charge < -0.3 is 0 Å². The normalized spacial score (nSPS) is 10.7. The van der Waals surface area contributed by atoms with Crippen molar-refractivity contribution in [2.75, 3.05) is 0 Å². The van der Waals surface area contributed by atoms with E-state index in [1.54, 1.807) is 18.5 Å². The highest BCUT2D eigenvalue weighted by molar-refractivity contribution is 9.10. The van der Waals surface area contributed by atoms with Crippen molar-refractivity contribution in [3.63, 3.8) is 0 Å². The van der Waals surface area contributed by atoms with E-state index in [-0.39, 0.29) is 5.82 Å². The fourth-order valence-electron chi connectivity index (χ4n) is 1.38. The summed E-state index contributed by atoms with van der Waals surface area (Å²) in [6.45, 7) is 1.85. The molecular weight excluding hydrogens is 233 g/mol. The first-order chi connectivity index (χ1) is 6.20. The molecule has 1 aromatic carbocycles. The van der Waals surface area contributed by atoms with Gasteiger partial charge in [0.1, 0.15) is 5.82 Å². The molecule has 0 N–H and O–H groups in total. The summed E-state index contributed by atoms with van der Waals surface area (Å²) >= 11 is 3.36. The van der Waals surface area contributed by atoms with E-state index in [0.717, 1.165) is 15.4 Å². The summed E-state index contributed by atoms with van der Waals surface area (Å²) < 4.78 is 14.3. The summed E-state index contributed by atoms with van der Waals surface area (Å²) in [6, 6.07) is 3.15. The predicted molar refractivity (Wildman–Crippen MR) is 54.1 cm³/mol. The molecule has 0 saturated heterocycles. The molecule has 0 aliphatic heterocycles. The number of nitrogens with zero attached hydrogens (tertiary/aromatic N) is 1. The smallest absolute Gasteiger partial charge is 0.131 e. The molecule has 0 aliphatic carbocycles. The van der Waals surface area contributed by atoms with Crippen molar-refractivity contribution in [3.05, 3.63) is 40.4 Å². The third-order valence-corrected chi connectivity index (χ3v) is 2.70. The maximum absolute atomic E-state index is 13.4. The number of aromatic nitrogens is 1. The molecule has 0 bridgehead atoms. The van der Waals surface area contributed by atoms with E-state index >= 15 is 0 Å². The second-order valence-electron chi connectivity index (χ2n) is 2.91. The quantitative estimate of drug-likeness (QED) is 0.687. The third-order valence-electron chi connectivity index (χ3n) is 2.01. The van der Waals surface area contributed by atoms with Crippen LogP contribution < -0.4 is 0 Å². The minimum Gasteiger partial charge on any atom is -0.264 e. The molecule has 2 rings (SSSR count). The Labute approximate surface area is 83.7 Å². The van der Waals surface area contributed by atoms with Crippen molar-refractivity contribution in [3.8, 4) is 0 Å². The lowest BCUT2D eigenvalue weighted by Gasteiger charge is -2.03. The molecular formula is C10H7BrFN. The van der Waals surface area contributed by atoms with Gasteiger partial charge in [0.15, 0.2) is 0 Å². The zero-order chi connectivity index (χ0) is 9.42. The van der Waals surface area contributed by atoms with Crippen LogP contribution in [0.1, 0.15) is 5.56 Å². The lowest BCUT2D eigenvalue weighted by atomic mass is 10.1. The molecule has 13 heavy (non-hydrogen) atoms. The van der Waals surface area contributed by atoms with Gasteiger partial charge >= 0.3 is 0 Å². The molecule has 0 aliphatic rings. The number of hydrogen-bond donors (Lipinski definition) is 0. The zero-order valence-corrected chi connectivity index (χ0v) is 8.60. The Hall–Kier alpha value is -0.960. The van der Waals surface area contributed by atoms with E-state index in [1.165, 1.54) is 6.07 Å². The van der Waals surface area contributed by atoms with Crippen molar-refractivity contribution in [1.82, 2.24) is 4.98 Å². The van der Waals surface area contributed by atoms with E-state index < -0.39 is 0 Å².